The highest BCUT2D eigenvalue weighted by atomic mass is 35.5. The molecule has 0 saturated heterocycles. The number of aromatic nitrogens is 1. The van der Waals surface area contributed by atoms with Gasteiger partial charge in [0.25, 0.3) is 0 Å². The van der Waals surface area contributed by atoms with E-state index in [1.54, 1.807) is 12.1 Å². The number of anilines is 1. The second-order valence-electron chi connectivity index (χ2n) is 4.58. The predicted molar refractivity (Wildman–Crippen MR) is 69.7 cm³/mol. The van der Waals surface area contributed by atoms with Crippen LogP contribution in [0.3, 0.4) is 0 Å². The van der Waals surface area contributed by atoms with Crippen molar-refractivity contribution in [2.75, 3.05) is 5.73 Å². The van der Waals surface area contributed by atoms with Crippen LogP contribution in [0.5, 0.6) is 0 Å². The topological polar surface area (TPSA) is 38.9 Å². The van der Waals surface area contributed by atoms with Gasteiger partial charge in [0.05, 0.1) is 0 Å². The van der Waals surface area contributed by atoms with Gasteiger partial charge in [-0.2, -0.15) is 0 Å². The zero-order valence-electron chi connectivity index (χ0n) is 9.80. The first-order chi connectivity index (χ1) is 7.97. The molecule has 1 aromatic heterocycles. The van der Waals surface area contributed by atoms with E-state index >= 15 is 0 Å². The highest BCUT2D eigenvalue weighted by Crippen LogP contribution is 2.27. The summed E-state index contributed by atoms with van der Waals surface area (Å²) in [5.41, 5.74) is 7.53. The number of nitrogen functional groups attached to an aromatic ring is 1. The van der Waals surface area contributed by atoms with Gasteiger partial charge in [0.1, 0.15) is 5.52 Å². The molecule has 2 rings (SSSR count). The number of pyridine rings is 1. The molecule has 0 amide bonds. The van der Waals surface area contributed by atoms with Gasteiger partial charge >= 0.3 is 0 Å². The fraction of sp³-hybridized carbons (Fsp3) is 0.308. The molecule has 0 aliphatic heterocycles. The van der Waals surface area contributed by atoms with Crippen molar-refractivity contribution in [1.29, 1.82) is 0 Å². The van der Waals surface area contributed by atoms with E-state index in [1.807, 2.05) is 0 Å². The van der Waals surface area contributed by atoms with Crippen LogP contribution in [-0.4, -0.2) is 4.98 Å². The smallest absolute Gasteiger partial charge is 0.150 e. The molecule has 90 valence electrons. The van der Waals surface area contributed by atoms with E-state index < -0.39 is 5.82 Å². The molecule has 0 aliphatic rings. The molecule has 0 atom stereocenters. The highest BCUT2D eigenvalue weighted by Gasteiger charge is 2.10. The average molecular weight is 253 g/mol. The fourth-order valence-corrected chi connectivity index (χ4v) is 2.06. The zero-order chi connectivity index (χ0) is 12.6. The maximum atomic E-state index is 13.7. The normalized spacial score (nSPS) is 11.4. The van der Waals surface area contributed by atoms with Gasteiger partial charge < -0.3 is 5.73 Å². The van der Waals surface area contributed by atoms with E-state index in [9.17, 15) is 4.39 Å². The minimum atomic E-state index is -0.426. The van der Waals surface area contributed by atoms with Gasteiger partial charge in [0, 0.05) is 21.8 Å². The molecule has 0 fully saturated rings. The molecule has 4 heteroatoms. The van der Waals surface area contributed by atoms with Gasteiger partial charge in [-0.3, -0.25) is 0 Å². The third kappa shape index (κ3) is 2.50. The molecule has 0 radical (unpaired) electrons. The summed E-state index contributed by atoms with van der Waals surface area (Å²) in [4.78, 5) is 4.30. The van der Waals surface area contributed by atoms with Crippen molar-refractivity contribution in [3.8, 4) is 0 Å². The summed E-state index contributed by atoms with van der Waals surface area (Å²) in [6.45, 7) is 4.17. The first-order valence-corrected chi connectivity index (χ1v) is 5.89. The van der Waals surface area contributed by atoms with Crippen molar-refractivity contribution < 1.29 is 4.39 Å². The highest BCUT2D eigenvalue weighted by molar-refractivity contribution is 6.31. The Balaban J connectivity index is 2.64. The Labute approximate surface area is 105 Å². The molecule has 17 heavy (non-hydrogen) atoms. The van der Waals surface area contributed by atoms with Crippen molar-refractivity contribution in [3.05, 3.63) is 34.7 Å². The number of hydrogen-bond donors (Lipinski definition) is 1. The summed E-state index contributed by atoms with van der Waals surface area (Å²) in [5.74, 6) is 0.0273. The number of benzene rings is 1. The predicted octanol–water partition coefficient (Wildman–Crippen LogP) is 3.81. The minimum absolute atomic E-state index is 0.296. The Bertz CT molecular complexity index is 567. The SMILES string of the molecule is CC(C)Cc1cc(N)c2cc(Cl)cc(F)c2n1. The third-order valence-corrected chi connectivity index (χ3v) is 2.75. The van der Waals surface area contributed by atoms with Crippen molar-refractivity contribution in [1.82, 2.24) is 4.98 Å². The Kier molecular flexibility index (Phi) is 3.20. The van der Waals surface area contributed by atoms with Gasteiger partial charge in [-0.05, 0) is 30.5 Å². The van der Waals surface area contributed by atoms with Crippen LogP contribution >= 0.6 is 11.6 Å². The number of nitrogens with two attached hydrogens (primary N) is 1. The molecule has 1 aromatic carbocycles. The van der Waals surface area contributed by atoms with E-state index in [1.165, 1.54) is 6.07 Å². The van der Waals surface area contributed by atoms with Gasteiger partial charge in [-0.15, -0.1) is 0 Å². The Morgan fingerprint density at radius 1 is 1.35 bits per heavy atom. The van der Waals surface area contributed by atoms with Crippen molar-refractivity contribution in [3.63, 3.8) is 0 Å². The number of halogens is 2. The average Bonchev–Trinajstić information content (AvgIpc) is 2.19. The molecule has 0 bridgehead atoms. The molecular formula is C13H14ClFN2. The zero-order valence-corrected chi connectivity index (χ0v) is 10.6. The van der Waals surface area contributed by atoms with Crippen molar-refractivity contribution in [2.45, 2.75) is 20.3 Å². The van der Waals surface area contributed by atoms with Crippen LogP contribution in [0.25, 0.3) is 10.9 Å². The summed E-state index contributed by atoms with van der Waals surface area (Å²) in [5, 5.41) is 0.905. The summed E-state index contributed by atoms with van der Waals surface area (Å²) in [6, 6.07) is 4.69. The number of hydrogen-bond acceptors (Lipinski definition) is 2. The lowest BCUT2D eigenvalue weighted by molar-refractivity contribution is 0.626. The second kappa shape index (κ2) is 4.49. The van der Waals surface area contributed by atoms with E-state index in [-0.39, 0.29) is 0 Å². The summed E-state index contributed by atoms with van der Waals surface area (Å²) in [6.07, 6.45) is 0.780. The maximum absolute atomic E-state index is 13.7. The van der Waals surface area contributed by atoms with Crippen LogP contribution in [-0.2, 0) is 6.42 Å². The molecule has 0 aliphatic carbocycles. The Hall–Kier alpha value is -1.35. The number of fused-ring (bicyclic) bond motifs is 1. The second-order valence-corrected chi connectivity index (χ2v) is 5.02. The van der Waals surface area contributed by atoms with E-state index in [2.05, 4.69) is 18.8 Å². The van der Waals surface area contributed by atoms with Crippen molar-refractivity contribution >= 4 is 28.2 Å². The van der Waals surface area contributed by atoms with Gasteiger partial charge in [-0.1, -0.05) is 25.4 Å². The molecular weight excluding hydrogens is 239 g/mol. The fourth-order valence-electron chi connectivity index (χ4n) is 1.86. The van der Waals surface area contributed by atoms with E-state index in [4.69, 9.17) is 17.3 Å². The van der Waals surface area contributed by atoms with Crippen LogP contribution in [0.4, 0.5) is 10.1 Å². The first kappa shape index (κ1) is 12.1. The number of nitrogens with zero attached hydrogens (tertiary/aromatic N) is 1. The summed E-state index contributed by atoms with van der Waals surface area (Å²) >= 11 is 5.80. The minimum Gasteiger partial charge on any atom is -0.398 e. The van der Waals surface area contributed by atoms with Gasteiger partial charge in [-0.25, -0.2) is 9.37 Å². The molecule has 2 aromatic rings. The van der Waals surface area contributed by atoms with Crippen molar-refractivity contribution in [2.24, 2.45) is 5.92 Å². The van der Waals surface area contributed by atoms with Crippen LogP contribution < -0.4 is 5.73 Å². The maximum Gasteiger partial charge on any atom is 0.150 e. The van der Waals surface area contributed by atoms with Gasteiger partial charge in [0.2, 0.25) is 0 Å². The van der Waals surface area contributed by atoms with Crippen LogP contribution in [0.1, 0.15) is 19.5 Å². The lowest BCUT2D eigenvalue weighted by Gasteiger charge is -2.09. The first-order valence-electron chi connectivity index (χ1n) is 5.51. The Morgan fingerprint density at radius 2 is 2.06 bits per heavy atom. The molecule has 1 heterocycles. The van der Waals surface area contributed by atoms with Crippen LogP contribution in [0.2, 0.25) is 5.02 Å². The largest absolute Gasteiger partial charge is 0.398 e. The standard InChI is InChI=1S/C13H14ClFN2/c1-7(2)3-9-6-12(16)10-4-8(14)5-11(15)13(10)17-9/h4-7H,3H2,1-2H3,(H2,16,17). The summed E-state index contributed by atoms with van der Waals surface area (Å²) < 4.78 is 13.7. The Morgan fingerprint density at radius 3 is 2.71 bits per heavy atom. The van der Waals surface area contributed by atoms with Crippen LogP contribution in [0.15, 0.2) is 18.2 Å². The molecule has 0 unspecified atom stereocenters. The van der Waals surface area contributed by atoms with Crippen LogP contribution in [0, 0.1) is 11.7 Å². The number of rotatable bonds is 2. The molecule has 0 spiro atoms. The lowest BCUT2D eigenvalue weighted by atomic mass is 10.1. The summed E-state index contributed by atoms with van der Waals surface area (Å²) in [7, 11) is 0. The van der Waals surface area contributed by atoms with E-state index in [0.717, 1.165) is 12.1 Å². The molecule has 2 nitrogen and oxygen atoms in total. The molecule has 0 saturated carbocycles. The third-order valence-electron chi connectivity index (χ3n) is 2.53. The quantitative estimate of drug-likeness (QED) is 0.883. The van der Waals surface area contributed by atoms with Gasteiger partial charge in [0.15, 0.2) is 5.82 Å². The lowest BCUT2D eigenvalue weighted by Crippen LogP contribution is -2.01. The molecule has 2 N–H and O–H groups in total. The monoisotopic (exact) mass is 252 g/mol. The van der Waals surface area contributed by atoms with E-state index in [0.29, 0.717) is 27.5 Å².